The van der Waals surface area contributed by atoms with Crippen LogP contribution in [-0.2, 0) is 0 Å². The molecule has 0 spiro atoms. The van der Waals surface area contributed by atoms with Gasteiger partial charge < -0.3 is 19.7 Å². The van der Waals surface area contributed by atoms with Crippen molar-refractivity contribution in [3.8, 4) is 11.5 Å². The number of carboxylic acids is 1. The summed E-state index contributed by atoms with van der Waals surface area (Å²) in [7, 11) is 1.48. The predicted octanol–water partition coefficient (Wildman–Crippen LogP) is 2.51. The molecule has 0 aromatic heterocycles. The maximum absolute atomic E-state index is 11.2. The van der Waals surface area contributed by atoms with E-state index in [1.165, 1.54) is 19.2 Å². The van der Waals surface area contributed by atoms with Gasteiger partial charge in [-0.25, -0.2) is 4.79 Å². The lowest BCUT2D eigenvalue weighted by Gasteiger charge is -2.14. The second kappa shape index (κ2) is 6.76. The van der Waals surface area contributed by atoms with Gasteiger partial charge in [0, 0.05) is 6.07 Å². The quantitative estimate of drug-likeness (QED) is 0.854. The first kappa shape index (κ1) is 14.9. The number of carboxylic acid groups (broad SMARTS) is 1. The molecule has 0 saturated heterocycles. The number of aliphatic hydroxyl groups is 1. The summed E-state index contributed by atoms with van der Waals surface area (Å²) in [5, 5.41) is 19.2. The zero-order valence-electron chi connectivity index (χ0n) is 11.5. The number of carbonyl (C=O) groups is 1. The van der Waals surface area contributed by atoms with Crippen LogP contribution in [0.3, 0.4) is 0 Å². The summed E-state index contributed by atoms with van der Waals surface area (Å²) >= 11 is 0. The Morgan fingerprint density at radius 1 is 1.19 bits per heavy atom. The maximum Gasteiger partial charge on any atom is 0.339 e. The van der Waals surface area contributed by atoms with Crippen LogP contribution in [0.2, 0.25) is 0 Å². The molecule has 0 aliphatic carbocycles. The lowest BCUT2D eigenvalue weighted by molar-refractivity contribution is 0.0683. The molecule has 2 N–H and O–H groups in total. The Hall–Kier alpha value is -2.53. The highest BCUT2D eigenvalue weighted by Crippen LogP contribution is 2.26. The Morgan fingerprint density at radius 3 is 2.52 bits per heavy atom. The van der Waals surface area contributed by atoms with Crippen LogP contribution in [0.1, 0.15) is 22.0 Å². The van der Waals surface area contributed by atoms with E-state index in [1.54, 1.807) is 18.2 Å². The predicted molar refractivity (Wildman–Crippen MR) is 76.9 cm³/mol. The molecule has 21 heavy (non-hydrogen) atoms. The van der Waals surface area contributed by atoms with Crippen LogP contribution in [-0.4, -0.2) is 29.9 Å². The van der Waals surface area contributed by atoms with Crippen molar-refractivity contribution in [3.63, 3.8) is 0 Å². The summed E-state index contributed by atoms with van der Waals surface area (Å²) in [5.74, 6) is -0.442. The van der Waals surface area contributed by atoms with E-state index in [9.17, 15) is 9.90 Å². The van der Waals surface area contributed by atoms with Gasteiger partial charge in [0.15, 0.2) is 0 Å². The Kier molecular flexibility index (Phi) is 4.79. The molecule has 0 saturated carbocycles. The maximum atomic E-state index is 11.2. The molecule has 1 atom stereocenters. The van der Waals surface area contributed by atoms with Crippen LogP contribution < -0.4 is 9.47 Å². The molecular formula is C16H16O5. The standard InChI is InChI=1S/C16H16O5/c1-20-12-7-8-13(16(18)19)15(9-12)21-10-14(17)11-5-3-2-4-6-11/h2-9,14,17H,10H2,1H3,(H,18,19). The molecule has 5 heteroatoms. The summed E-state index contributed by atoms with van der Waals surface area (Å²) < 4.78 is 10.5. The lowest BCUT2D eigenvalue weighted by atomic mass is 10.1. The molecule has 0 fully saturated rings. The Bertz CT molecular complexity index is 609. The second-order valence-corrected chi connectivity index (χ2v) is 4.40. The topological polar surface area (TPSA) is 76.0 Å². The average Bonchev–Trinajstić information content (AvgIpc) is 2.52. The van der Waals surface area contributed by atoms with Crippen LogP contribution in [0.15, 0.2) is 48.5 Å². The molecule has 0 bridgehead atoms. The first-order chi connectivity index (χ1) is 10.1. The lowest BCUT2D eigenvalue weighted by Crippen LogP contribution is -2.11. The Balaban J connectivity index is 2.13. The number of ether oxygens (including phenoxy) is 2. The molecule has 5 nitrogen and oxygen atoms in total. The number of rotatable bonds is 6. The van der Waals surface area contributed by atoms with Gasteiger partial charge in [0.1, 0.15) is 29.8 Å². The smallest absolute Gasteiger partial charge is 0.339 e. The van der Waals surface area contributed by atoms with E-state index in [1.807, 2.05) is 18.2 Å². The van der Waals surface area contributed by atoms with E-state index in [0.717, 1.165) is 0 Å². The number of benzene rings is 2. The monoisotopic (exact) mass is 288 g/mol. The van der Waals surface area contributed by atoms with E-state index < -0.39 is 12.1 Å². The molecule has 0 radical (unpaired) electrons. The fourth-order valence-corrected chi connectivity index (χ4v) is 1.87. The molecule has 2 rings (SSSR count). The van der Waals surface area contributed by atoms with Crippen molar-refractivity contribution in [2.75, 3.05) is 13.7 Å². The molecule has 1 unspecified atom stereocenters. The first-order valence-electron chi connectivity index (χ1n) is 6.39. The van der Waals surface area contributed by atoms with Crippen LogP contribution in [0.5, 0.6) is 11.5 Å². The zero-order valence-corrected chi connectivity index (χ0v) is 11.5. The highest BCUT2D eigenvalue weighted by Gasteiger charge is 2.15. The van der Waals surface area contributed by atoms with E-state index >= 15 is 0 Å². The first-order valence-corrected chi connectivity index (χ1v) is 6.39. The largest absolute Gasteiger partial charge is 0.497 e. The highest BCUT2D eigenvalue weighted by atomic mass is 16.5. The molecule has 0 heterocycles. The van der Waals surface area contributed by atoms with Crippen molar-refractivity contribution in [2.45, 2.75) is 6.10 Å². The second-order valence-electron chi connectivity index (χ2n) is 4.40. The zero-order chi connectivity index (χ0) is 15.2. The van der Waals surface area contributed by atoms with Gasteiger partial charge in [-0.15, -0.1) is 0 Å². The molecular weight excluding hydrogens is 272 g/mol. The van der Waals surface area contributed by atoms with E-state index in [0.29, 0.717) is 11.3 Å². The third kappa shape index (κ3) is 3.73. The minimum absolute atomic E-state index is 0.0241. The fraction of sp³-hybridized carbons (Fsp3) is 0.188. The molecule has 2 aromatic carbocycles. The molecule has 110 valence electrons. The summed E-state index contributed by atoms with van der Waals surface area (Å²) in [6.07, 6.45) is -0.834. The molecule has 0 aliphatic heterocycles. The van der Waals surface area contributed by atoms with Crippen LogP contribution in [0.4, 0.5) is 0 Å². The van der Waals surface area contributed by atoms with Gasteiger partial charge in [0.05, 0.1) is 7.11 Å². The van der Waals surface area contributed by atoms with Gasteiger partial charge in [0.2, 0.25) is 0 Å². The van der Waals surface area contributed by atoms with E-state index in [2.05, 4.69) is 0 Å². The van der Waals surface area contributed by atoms with Crippen molar-refractivity contribution in [2.24, 2.45) is 0 Å². The third-order valence-electron chi connectivity index (χ3n) is 3.00. The van der Waals surface area contributed by atoms with Crippen LogP contribution in [0, 0.1) is 0 Å². The molecule has 2 aromatic rings. The van der Waals surface area contributed by atoms with E-state index in [4.69, 9.17) is 14.6 Å². The summed E-state index contributed by atoms with van der Waals surface area (Å²) in [6, 6.07) is 13.5. The third-order valence-corrected chi connectivity index (χ3v) is 3.00. The Labute approximate surface area is 122 Å². The Morgan fingerprint density at radius 2 is 1.90 bits per heavy atom. The summed E-state index contributed by atoms with van der Waals surface area (Å²) in [5.41, 5.74) is 0.730. The number of hydrogen-bond donors (Lipinski definition) is 2. The van der Waals surface area contributed by atoms with Crippen LogP contribution >= 0.6 is 0 Å². The summed E-state index contributed by atoms with van der Waals surface area (Å²) in [6.45, 7) is -0.0442. The average molecular weight is 288 g/mol. The fourth-order valence-electron chi connectivity index (χ4n) is 1.87. The van der Waals surface area contributed by atoms with Crippen molar-refractivity contribution in [1.29, 1.82) is 0 Å². The number of aromatic carboxylic acids is 1. The van der Waals surface area contributed by atoms with Gasteiger partial charge in [-0.3, -0.25) is 0 Å². The van der Waals surface area contributed by atoms with Crippen molar-refractivity contribution >= 4 is 5.97 Å². The number of methoxy groups -OCH3 is 1. The SMILES string of the molecule is COc1ccc(C(=O)O)c(OCC(O)c2ccccc2)c1. The van der Waals surface area contributed by atoms with Crippen LogP contribution in [0.25, 0.3) is 0 Å². The number of aliphatic hydroxyl groups excluding tert-OH is 1. The van der Waals surface area contributed by atoms with Crippen molar-refractivity contribution < 1.29 is 24.5 Å². The normalized spacial score (nSPS) is 11.7. The van der Waals surface area contributed by atoms with Crippen molar-refractivity contribution in [3.05, 3.63) is 59.7 Å². The van der Waals surface area contributed by atoms with Gasteiger partial charge in [-0.1, -0.05) is 30.3 Å². The van der Waals surface area contributed by atoms with Gasteiger partial charge >= 0.3 is 5.97 Å². The van der Waals surface area contributed by atoms with Gasteiger partial charge in [0.25, 0.3) is 0 Å². The van der Waals surface area contributed by atoms with Gasteiger partial charge in [-0.2, -0.15) is 0 Å². The van der Waals surface area contributed by atoms with Crippen molar-refractivity contribution in [1.82, 2.24) is 0 Å². The highest BCUT2D eigenvalue weighted by molar-refractivity contribution is 5.91. The van der Waals surface area contributed by atoms with E-state index in [-0.39, 0.29) is 17.9 Å². The molecule has 0 aliphatic rings. The minimum atomic E-state index is -1.10. The summed E-state index contributed by atoms with van der Waals surface area (Å²) in [4.78, 5) is 11.2. The van der Waals surface area contributed by atoms with Gasteiger partial charge in [-0.05, 0) is 17.7 Å². The minimum Gasteiger partial charge on any atom is -0.497 e. The molecule has 0 amide bonds. The number of hydrogen-bond acceptors (Lipinski definition) is 4.